The Labute approximate surface area is 185 Å². The smallest absolute Gasteiger partial charge is 0.229 e. The Morgan fingerprint density at radius 1 is 1.03 bits per heavy atom. The molecule has 5 N–H and O–H groups in total. The molecule has 3 rings (SSSR count). The number of hydrogen-bond acceptors (Lipinski definition) is 8. The van der Waals surface area contributed by atoms with Crippen LogP contribution in [0.3, 0.4) is 0 Å². The van der Waals surface area contributed by atoms with Crippen LogP contribution >= 0.6 is 0 Å². The number of halogens is 1. The van der Waals surface area contributed by atoms with Crippen LogP contribution in [0.1, 0.15) is 23.6 Å². The molecule has 0 radical (unpaired) electrons. The van der Waals surface area contributed by atoms with Crippen LogP contribution in [0.4, 0.5) is 4.39 Å². The molecule has 176 valence electrons. The quantitative estimate of drug-likeness (QED) is 0.392. The fraction of sp³-hybridized carbons (Fsp3) is 0.478. The van der Waals surface area contributed by atoms with Crippen molar-refractivity contribution in [2.24, 2.45) is 0 Å². The van der Waals surface area contributed by atoms with E-state index in [2.05, 4.69) is 0 Å². The van der Waals surface area contributed by atoms with Crippen molar-refractivity contribution in [1.82, 2.24) is 0 Å². The van der Waals surface area contributed by atoms with Gasteiger partial charge in [0.15, 0.2) is 0 Å². The minimum atomic E-state index is -1.64. The second-order valence-electron chi connectivity index (χ2n) is 7.85. The first kappa shape index (κ1) is 24.4. The van der Waals surface area contributed by atoms with E-state index in [0.717, 1.165) is 5.56 Å². The zero-order valence-corrected chi connectivity index (χ0v) is 17.9. The van der Waals surface area contributed by atoms with Gasteiger partial charge < -0.3 is 39.7 Å². The molecule has 8 nitrogen and oxygen atoms in total. The summed E-state index contributed by atoms with van der Waals surface area (Å²) in [6, 6.07) is 9.87. The van der Waals surface area contributed by atoms with Crippen LogP contribution in [0.2, 0.25) is 0 Å². The molecule has 1 aliphatic heterocycles. The Bertz CT molecular complexity index is 888. The molecule has 0 saturated carbocycles. The Hall–Kier alpha value is -2.27. The van der Waals surface area contributed by atoms with Crippen molar-refractivity contribution in [2.75, 3.05) is 13.7 Å². The third kappa shape index (κ3) is 5.37. The van der Waals surface area contributed by atoms with E-state index in [4.69, 9.17) is 14.2 Å². The fourth-order valence-electron chi connectivity index (χ4n) is 3.66. The first-order valence-corrected chi connectivity index (χ1v) is 10.3. The summed E-state index contributed by atoms with van der Waals surface area (Å²) in [5.74, 6) is 0.139. The number of aliphatic hydroxyl groups is 5. The van der Waals surface area contributed by atoms with Gasteiger partial charge in [0.25, 0.3) is 0 Å². The Morgan fingerprint density at radius 2 is 1.72 bits per heavy atom. The molecule has 0 spiro atoms. The highest BCUT2D eigenvalue weighted by molar-refractivity contribution is 5.43. The molecule has 2 aromatic rings. The largest absolute Gasteiger partial charge is 0.497 e. The van der Waals surface area contributed by atoms with Gasteiger partial charge in [-0.2, -0.15) is 0 Å². The number of benzene rings is 2. The zero-order valence-electron chi connectivity index (χ0n) is 17.9. The van der Waals surface area contributed by atoms with E-state index >= 15 is 4.39 Å². The summed E-state index contributed by atoms with van der Waals surface area (Å²) in [6.07, 6.45) is -8.31. The fourth-order valence-corrected chi connectivity index (χ4v) is 3.66. The van der Waals surface area contributed by atoms with Crippen molar-refractivity contribution < 1.29 is 44.1 Å². The minimum Gasteiger partial charge on any atom is -0.497 e. The lowest BCUT2D eigenvalue weighted by molar-refractivity contribution is -0.286. The van der Waals surface area contributed by atoms with Crippen molar-refractivity contribution in [3.8, 4) is 11.5 Å². The Morgan fingerprint density at radius 3 is 2.31 bits per heavy atom. The lowest BCUT2D eigenvalue weighted by Gasteiger charge is -2.41. The predicted octanol–water partition coefficient (Wildman–Crippen LogP) is 0.527. The van der Waals surface area contributed by atoms with Crippen LogP contribution in [0, 0.1) is 5.82 Å². The van der Waals surface area contributed by atoms with E-state index in [1.54, 1.807) is 31.4 Å². The summed E-state index contributed by atoms with van der Waals surface area (Å²) in [7, 11) is 1.54. The zero-order chi connectivity index (χ0) is 23.4. The second-order valence-corrected chi connectivity index (χ2v) is 7.85. The molecular formula is C23H29FO8. The molecule has 0 amide bonds. The van der Waals surface area contributed by atoms with E-state index in [1.807, 2.05) is 0 Å². The highest BCUT2D eigenvalue weighted by Crippen LogP contribution is 2.32. The average Bonchev–Trinajstić information content (AvgIpc) is 2.76. The minimum absolute atomic E-state index is 0.0567. The molecule has 0 bridgehead atoms. The molecule has 0 aliphatic carbocycles. The third-order valence-corrected chi connectivity index (χ3v) is 5.48. The predicted molar refractivity (Wildman–Crippen MR) is 112 cm³/mol. The number of ether oxygens (including phenoxy) is 3. The SMILES string of the molecule is COc1ccc(Cc2c(F)cc(CCO)cc2O[C@@H]2O[C@H](C(C)O)[C@@H](O)[C@H](O)[C@H]2O)cc1. The molecule has 1 aliphatic rings. The summed E-state index contributed by atoms with van der Waals surface area (Å²) in [5.41, 5.74) is 1.42. The lowest BCUT2D eigenvalue weighted by atomic mass is 9.96. The monoisotopic (exact) mass is 452 g/mol. The molecule has 1 unspecified atom stereocenters. The number of hydrogen-bond donors (Lipinski definition) is 5. The molecule has 1 saturated heterocycles. The summed E-state index contributed by atoms with van der Waals surface area (Å²) in [4.78, 5) is 0. The van der Waals surface area contributed by atoms with Gasteiger partial charge in [-0.15, -0.1) is 0 Å². The van der Waals surface area contributed by atoms with Gasteiger partial charge in [0.1, 0.15) is 41.7 Å². The van der Waals surface area contributed by atoms with Gasteiger partial charge in [-0.25, -0.2) is 4.39 Å². The van der Waals surface area contributed by atoms with Crippen LogP contribution in [-0.2, 0) is 17.6 Å². The normalized spacial score (nSPS) is 26.6. The molecule has 0 aromatic heterocycles. The summed E-state index contributed by atoms with van der Waals surface area (Å²) >= 11 is 0. The molecule has 6 atom stereocenters. The maximum atomic E-state index is 15.0. The van der Waals surface area contributed by atoms with Gasteiger partial charge in [-0.1, -0.05) is 12.1 Å². The molecule has 32 heavy (non-hydrogen) atoms. The van der Waals surface area contributed by atoms with Crippen molar-refractivity contribution in [1.29, 1.82) is 0 Å². The van der Waals surface area contributed by atoms with Gasteiger partial charge in [0.2, 0.25) is 6.29 Å². The third-order valence-electron chi connectivity index (χ3n) is 5.48. The van der Waals surface area contributed by atoms with Crippen LogP contribution in [0.5, 0.6) is 11.5 Å². The molecule has 2 aromatic carbocycles. The maximum Gasteiger partial charge on any atom is 0.229 e. The van der Waals surface area contributed by atoms with Crippen molar-refractivity contribution in [3.63, 3.8) is 0 Å². The van der Waals surface area contributed by atoms with Crippen molar-refractivity contribution >= 4 is 0 Å². The Balaban J connectivity index is 1.93. The number of rotatable bonds is 8. The van der Waals surface area contributed by atoms with E-state index < -0.39 is 42.6 Å². The summed E-state index contributed by atoms with van der Waals surface area (Å²) < 4.78 is 31.5. The average molecular weight is 452 g/mol. The number of aliphatic hydroxyl groups excluding tert-OH is 5. The maximum absolute atomic E-state index is 15.0. The Kier molecular flexibility index (Phi) is 8.05. The molecule has 1 heterocycles. The molecule has 1 fully saturated rings. The van der Waals surface area contributed by atoms with Crippen molar-refractivity contribution in [3.05, 3.63) is 58.9 Å². The second kappa shape index (κ2) is 10.6. The van der Waals surface area contributed by atoms with E-state index in [1.165, 1.54) is 19.1 Å². The highest BCUT2D eigenvalue weighted by Gasteiger charge is 2.46. The van der Waals surface area contributed by atoms with E-state index in [-0.39, 0.29) is 30.8 Å². The first-order chi connectivity index (χ1) is 15.2. The standard InChI is InChI=1S/C23H29FO8/c1-12(26)22-20(28)19(27)21(29)23(32-22)31-18-11-14(7-8-25)10-17(24)16(18)9-13-3-5-15(30-2)6-4-13/h3-6,10-12,19-23,25-29H,7-9H2,1-2H3/t12?,19-,20-,21+,22+,23+/m0/s1. The van der Waals surface area contributed by atoms with E-state index in [0.29, 0.717) is 11.3 Å². The summed E-state index contributed by atoms with van der Waals surface area (Å²) in [5, 5.41) is 49.7. The first-order valence-electron chi connectivity index (χ1n) is 10.3. The van der Waals surface area contributed by atoms with Crippen LogP contribution in [-0.4, -0.2) is 76.1 Å². The van der Waals surface area contributed by atoms with Gasteiger partial charge in [-0.05, 0) is 48.7 Å². The molecule has 9 heteroatoms. The summed E-state index contributed by atoms with van der Waals surface area (Å²) in [6.45, 7) is 1.17. The van der Waals surface area contributed by atoms with Gasteiger partial charge in [-0.3, -0.25) is 0 Å². The topological polar surface area (TPSA) is 129 Å². The van der Waals surface area contributed by atoms with Gasteiger partial charge >= 0.3 is 0 Å². The number of methoxy groups -OCH3 is 1. The molecular weight excluding hydrogens is 423 g/mol. The van der Waals surface area contributed by atoms with Crippen LogP contribution < -0.4 is 9.47 Å². The van der Waals surface area contributed by atoms with Crippen molar-refractivity contribution in [2.45, 2.75) is 56.6 Å². The van der Waals surface area contributed by atoms with Gasteiger partial charge in [0.05, 0.1) is 13.2 Å². The van der Waals surface area contributed by atoms with Gasteiger partial charge in [0, 0.05) is 18.6 Å². The van der Waals surface area contributed by atoms with E-state index in [9.17, 15) is 25.5 Å². The van der Waals surface area contributed by atoms with Crippen LogP contribution in [0.25, 0.3) is 0 Å². The van der Waals surface area contributed by atoms with Crippen LogP contribution in [0.15, 0.2) is 36.4 Å². The lowest BCUT2D eigenvalue weighted by Crippen LogP contribution is -2.61. The highest BCUT2D eigenvalue weighted by atomic mass is 19.1.